The van der Waals surface area contributed by atoms with Gasteiger partial charge in [-0.25, -0.2) is 0 Å². The van der Waals surface area contributed by atoms with Crippen LogP contribution in [0.3, 0.4) is 0 Å². The van der Waals surface area contributed by atoms with Crippen LogP contribution < -0.4 is 5.32 Å². The first-order valence-electron chi connectivity index (χ1n) is 5.54. The van der Waals surface area contributed by atoms with Crippen LogP contribution in [-0.2, 0) is 6.54 Å². The van der Waals surface area contributed by atoms with Crippen LogP contribution in [0.2, 0.25) is 10.0 Å². The Kier molecular flexibility index (Phi) is 4.09. The summed E-state index contributed by atoms with van der Waals surface area (Å²) in [6.07, 6.45) is 0. The van der Waals surface area contributed by atoms with Gasteiger partial charge in [0.25, 0.3) is 0 Å². The van der Waals surface area contributed by atoms with Gasteiger partial charge in [0.15, 0.2) is 0 Å². The molecule has 2 nitrogen and oxygen atoms in total. The van der Waals surface area contributed by atoms with Gasteiger partial charge in [0.05, 0.1) is 0 Å². The Morgan fingerprint density at radius 2 is 2.00 bits per heavy atom. The first kappa shape index (κ1) is 12.2. The highest BCUT2D eigenvalue weighted by atomic mass is 35.5. The highest BCUT2D eigenvalue weighted by Gasteiger charge is 2.15. The Hall–Kier alpha value is -0.280. The molecule has 1 heterocycles. The molecule has 0 unspecified atom stereocenters. The van der Waals surface area contributed by atoms with Crippen LogP contribution in [0, 0.1) is 0 Å². The summed E-state index contributed by atoms with van der Waals surface area (Å²) in [7, 11) is 0. The third kappa shape index (κ3) is 3.36. The van der Waals surface area contributed by atoms with E-state index in [4.69, 9.17) is 23.2 Å². The van der Waals surface area contributed by atoms with Gasteiger partial charge in [0.2, 0.25) is 0 Å². The lowest BCUT2D eigenvalue weighted by Crippen LogP contribution is -2.48. The quantitative estimate of drug-likeness (QED) is 0.878. The van der Waals surface area contributed by atoms with Gasteiger partial charge in [-0.2, -0.15) is 0 Å². The Balaban J connectivity index is 2.02. The van der Waals surface area contributed by atoms with E-state index in [9.17, 15) is 0 Å². The van der Waals surface area contributed by atoms with E-state index in [1.807, 2.05) is 12.1 Å². The SMILES string of the molecule is C[C@H]1CN(Cc2cc(Cl)cc(Cl)c2)CCN1. The molecule has 1 saturated heterocycles. The summed E-state index contributed by atoms with van der Waals surface area (Å²) >= 11 is 12.0. The van der Waals surface area contributed by atoms with Gasteiger partial charge in [-0.1, -0.05) is 23.2 Å². The average Bonchev–Trinajstić information content (AvgIpc) is 2.15. The molecule has 4 heteroatoms. The van der Waals surface area contributed by atoms with E-state index >= 15 is 0 Å². The predicted octanol–water partition coefficient (Wildman–Crippen LogP) is 2.79. The molecule has 1 fully saturated rings. The van der Waals surface area contributed by atoms with Crippen LogP contribution in [-0.4, -0.2) is 30.6 Å². The van der Waals surface area contributed by atoms with Crippen molar-refractivity contribution in [3.05, 3.63) is 33.8 Å². The van der Waals surface area contributed by atoms with Crippen molar-refractivity contribution >= 4 is 23.2 Å². The Bertz CT molecular complexity index is 348. The second kappa shape index (κ2) is 5.37. The molecule has 1 aromatic carbocycles. The monoisotopic (exact) mass is 258 g/mol. The lowest BCUT2D eigenvalue weighted by molar-refractivity contribution is 0.199. The van der Waals surface area contributed by atoms with Crippen LogP contribution in [0.5, 0.6) is 0 Å². The molecule has 0 amide bonds. The zero-order valence-electron chi connectivity index (χ0n) is 9.34. The molecule has 2 rings (SSSR count). The number of rotatable bonds is 2. The fraction of sp³-hybridized carbons (Fsp3) is 0.500. The van der Waals surface area contributed by atoms with E-state index in [-0.39, 0.29) is 0 Å². The van der Waals surface area contributed by atoms with E-state index < -0.39 is 0 Å². The molecule has 1 atom stereocenters. The molecular formula is C12H16Cl2N2. The zero-order chi connectivity index (χ0) is 11.5. The van der Waals surface area contributed by atoms with Gasteiger partial charge in [0, 0.05) is 42.3 Å². The summed E-state index contributed by atoms with van der Waals surface area (Å²) < 4.78 is 0. The number of hydrogen-bond donors (Lipinski definition) is 1. The molecule has 88 valence electrons. The molecule has 16 heavy (non-hydrogen) atoms. The molecule has 0 saturated carbocycles. The van der Waals surface area contributed by atoms with Gasteiger partial charge in [-0.3, -0.25) is 4.90 Å². The summed E-state index contributed by atoms with van der Waals surface area (Å²) in [5.74, 6) is 0. The lowest BCUT2D eigenvalue weighted by Gasteiger charge is -2.31. The summed E-state index contributed by atoms with van der Waals surface area (Å²) in [4.78, 5) is 2.42. The molecule has 0 aromatic heterocycles. The van der Waals surface area contributed by atoms with Crippen LogP contribution in [0.25, 0.3) is 0 Å². The van der Waals surface area contributed by atoms with Crippen molar-refractivity contribution in [1.29, 1.82) is 0 Å². The van der Waals surface area contributed by atoms with Crippen LogP contribution in [0.4, 0.5) is 0 Å². The van der Waals surface area contributed by atoms with Crippen molar-refractivity contribution in [3.8, 4) is 0 Å². The third-order valence-electron chi connectivity index (χ3n) is 2.78. The van der Waals surface area contributed by atoms with Gasteiger partial charge in [-0.05, 0) is 30.7 Å². The third-order valence-corrected chi connectivity index (χ3v) is 3.22. The van der Waals surface area contributed by atoms with E-state index in [2.05, 4.69) is 17.1 Å². The van der Waals surface area contributed by atoms with Gasteiger partial charge < -0.3 is 5.32 Å². The smallest absolute Gasteiger partial charge is 0.0424 e. The van der Waals surface area contributed by atoms with Crippen molar-refractivity contribution in [2.24, 2.45) is 0 Å². The van der Waals surface area contributed by atoms with E-state index in [1.165, 1.54) is 5.56 Å². The molecule has 0 spiro atoms. The molecule has 1 aliphatic heterocycles. The van der Waals surface area contributed by atoms with Crippen molar-refractivity contribution in [2.45, 2.75) is 19.5 Å². The van der Waals surface area contributed by atoms with Crippen molar-refractivity contribution in [3.63, 3.8) is 0 Å². The number of halogens is 2. The maximum atomic E-state index is 5.98. The minimum absolute atomic E-state index is 0.559. The van der Waals surface area contributed by atoms with Gasteiger partial charge in [-0.15, -0.1) is 0 Å². The van der Waals surface area contributed by atoms with Crippen molar-refractivity contribution in [1.82, 2.24) is 10.2 Å². The zero-order valence-corrected chi connectivity index (χ0v) is 10.9. The fourth-order valence-electron chi connectivity index (χ4n) is 2.12. The number of nitrogens with zero attached hydrogens (tertiary/aromatic N) is 1. The molecule has 1 N–H and O–H groups in total. The Morgan fingerprint density at radius 1 is 1.31 bits per heavy atom. The normalized spacial score (nSPS) is 22.3. The molecule has 0 aliphatic carbocycles. The number of hydrogen-bond acceptors (Lipinski definition) is 2. The minimum Gasteiger partial charge on any atom is -0.312 e. The standard InChI is InChI=1S/C12H16Cl2N2/c1-9-7-16(3-2-15-9)8-10-4-11(13)6-12(14)5-10/h4-6,9,15H,2-3,7-8H2,1H3/t9-/m0/s1. The highest BCUT2D eigenvalue weighted by Crippen LogP contribution is 2.20. The summed E-state index contributed by atoms with van der Waals surface area (Å²) in [5, 5.41) is 4.85. The number of nitrogens with one attached hydrogen (secondary N) is 1. The average molecular weight is 259 g/mol. The largest absolute Gasteiger partial charge is 0.312 e. The maximum absolute atomic E-state index is 5.98. The lowest BCUT2D eigenvalue weighted by atomic mass is 10.1. The molecule has 1 aliphatic rings. The van der Waals surface area contributed by atoms with Gasteiger partial charge in [0.1, 0.15) is 0 Å². The summed E-state index contributed by atoms with van der Waals surface area (Å²) in [6, 6.07) is 6.30. The molecule has 0 bridgehead atoms. The van der Waals surface area contributed by atoms with Gasteiger partial charge >= 0.3 is 0 Å². The van der Waals surface area contributed by atoms with E-state index in [0.717, 1.165) is 26.2 Å². The van der Waals surface area contributed by atoms with Crippen molar-refractivity contribution in [2.75, 3.05) is 19.6 Å². The second-order valence-corrected chi connectivity index (χ2v) is 5.24. The molecule has 0 radical (unpaired) electrons. The number of piperazine rings is 1. The topological polar surface area (TPSA) is 15.3 Å². The minimum atomic E-state index is 0.559. The first-order chi connectivity index (χ1) is 7.63. The van der Waals surface area contributed by atoms with E-state index in [1.54, 1.807) is 6.07 Å². The Morgan fingerprint density at radius 3 is 2.62 bits per heavy atom. The predicted molar refractivity (Wildman–Crippen MR) is 69.2 cm³/mol. The summed E-state index contributed by atoms with van der Waals surface area (Å²) in [6.45, 7) is 6.33. The highest BCUT2D eigenvalue weighted by molar-refractivity contribution is 6.34. The van der Waals surface area contributed by atoms with E-state index in [0.29, 0.717) is 16.1 Å². The van der Waals surface area contributed by atoms with Crippen molar-refractivity contribution < 1.29 is 0 Å². The first-order valence-corrected chi connectivity index (χ1v) is 6.30. The van der Waals surface area contributed by atoms with Crippen LogP contribution >= 0.6 is 23.2 Å². The Labute approximate surface area is 107 Å². The fourth-order valence-corrected chi connectivity index (χ4v) is 2.69. The molecule has 1 aromatic rings. The molecular weight excluding hydrogens is 243 g/mol. The summed E-state index contributed by atoms with van der Waals surface area (Å²) in [5.41, 5.74) is 1.19. The number of benzene rings is 1. The van der Waals surface area contributed by atoms with Crippen LogP contribution in [0.15, 0.2) is 18.2 Å². The second-order valence-electron chi connectivity index (χ2n) is 4.37. The van der Waals surface area contributed by atoms with Crippen LogP contribution in [0.1, 0.15) is 12.5 Å². The maximum Gasteiger partial charge on any atom is 0.0424 e.